The molecule has 0 aromatic heterocycles. The molecule has 1 aliphatic rings. The summed E-state index contributed by atoms with van der Waals surface area (Å²) in [5.41, 5.74) is 5.04. The predicted molar refractivity (Wildman–Crippen MR) is 43.8 cm³/mol. The number of rotatable bonds is 2. The van der Waals surface area contributed by atoms with Gasteiger partial charge >= 0.3 is 6.03 Å². The van der Waals surface area contributed by atoms with Crippen LogP contribution in [0.15, 0.2) is 0 Å². The molecule has 1 heterocycles. The maximum Gasteiger partial charge on any atom is 0.344 e. The van der Waals surface area contributed by atoms with Crippen LogP contribution in [-0.2, 0) is 4.79 Å². The van der Waals surface area contributed by atoms with Gasteiger partial charge in [0.05, 0.1) is 6.04 Å². The van der Waals surface area contributed by atoms with Crippen molar-refractivity contribution in [1.29, 1.82) is 0 Å². The van der Waals surface area contributed by atoms with E-state index in [0.717, 1.165) is 0 Å². The lowest BCUT2D eigenvalue weighted by Crippen LogP contribution is -2.44. The van der Waals surface area contributed by atoms with Crippen LogP contribution in [0, 0.1) is 0 Å². The molecule has 1 aliphatic heterocycles. The Balaban J connectivity index is 2.74. The molecule has 2 atom stereocenters. The first-order valence-electron chi connectivity index (χ1n) is 4.03. The van der Waals surface area contributed by atoms with Gasteiger partial charge in [0, 0.05) is 6.54 Å². The van der Waals surface area contributed by atoms with Gasteiger partial charge in [-0.1, -0.05) is 0 Å². The zero-order valence-corrected chi connectivity index (χ0v) is 7.60. The molecule has 74 valence electrons. The van der Waals surface area contributed by atoms with Crippen molar-refractivity contribution in [3.8, 4) is 0 Å². The summed E-state index contributed by atoms with van der Waals surface area (Å²) in [4.78, 5) is 23.3. The minimum Gasteiger partial charge on any atom is -0.368 e. The number of carbonyl (C=O) groups is 2. The van der Waals surface area contributed by atoms with Gasteiger partial charge in [-0.15, -0.1) is 0 Å². The first kappa shape index (κ1) is 9.79. The van der Waals surface area contributed by atoms with Crippen LogP contribution in [0.4, 0.5) is 4.79 Å². The highest BCUT2D eigenvalue weighted by Gasteiger charge is 2.37. The molecule has 6 nitrogen and oxygen atoms in total. The number of hydrogen-bond donors (Lipinski definition) is 2. The number of hydroxylamine groups is 2. The lowest BCUT2D eigenvalue weighted by Gasteiger charge is -2.19. The van der Waals surface area contributed by atoms with Crippen molar-refractivity contribution in [2.45, 2.75) is 25.9 Å². The molecule has 1 saturated heterocycles. The molecule has 0 saturated carbocycles. The number of amides is 3. The number of carbonyl (C=O) groups excluding carboxylic acids is 2. The van der Waals surface area contributed by atoms with Crippen LogP contribution >= 0.6 is 0 Å². The van der Waals surface area contributed by atoms with Crippen LogP contribution in [0.25, 0.3) is 0 Å². The fourth-order valence-electron chi connectivity index (χ4n) is 1.24. The highest BCUT2D eigenvalue weighted by atomic mass is 16.5. The first-order chi connectivity index (χ1) is 5.95. The number of nitrogens with two attached hydrogens (primary N) is 1. The van der Waals surface area contributed by atoms with Crippen LogP contribution in [0.1, 0.15) is 13.8 Å². The Kier molecular flexibility index (Phi) is 2.42. The van der Waals surface area contributed by atoms with Crippen molar-refractivity contribution in [2.75, 3.05) is 6.54 Å². The lowest BCUT2D eigenvalue weighted by molar-refractivity contribution is -0.121. The van der Waals surface area contributed by atoms with Gasteiger partial charge in [0.15, 0.2) is 0 Å². The molecule has 6 heteroatoms. The quantitative estimate of drug-likeness (QED) is 0.564. The molecule has 1 rings (SSSR count). The lowest BCUT2D eigenvalue weighted by atomic mass is 10.2. The summed E-state index contributed by atoms with van der Waals surface area (Å²) in [5.74, 6) is -0.573. The van der Waals surface area contributed by atoms with E-state index in [9.17, 15) is 9.59 Å². The van der Waals surface area contributed by atoms with Crippen LogP contribution in [0.3, 0.4) is 0 Å². The summed E-state index contributed by atoms with van der Waals surface area (Å²) in [6, 6.07) is -1.54. The van der Waals surface area contributed by atoms with Crippen molar-refractivity contribution < 1.29 is 14.8 Å². The summed E-state index contributed by atoms with van der Waals surface area (Å²) in [5, 5.41) is 9.77. The Labute approximate surface area is 75.9 Å². The number of hydrogen-bond acceptors (Lipinski definition) is 3. The molecule has 3 N–H and O–H groups in total. The largest absolute Gasteiger partial charge is 0.368 e. The number of primary amides is 1. The summed E-state index contributed by atoms with van der Waals surface area (Å²) in [6.07, 6.45) is 0. The van der Waals surface area contributed by atoms with Crippen molar-refractivity contribution >= 4 is 11.9 Å². The van der Waals surface area contributed by atoms with Gasteiger partial charge < -0.3 is 10.6 Å². The summed E-state index contributed by atoms with van der Waals surface area (Å²) in [6.45, 7) is 3.54. The molecule has 3 amide bonds. The van der Waals surface area contributed by atoms with Gasteiger partial charge in [0.25, 0.3) is 0 Å². The Hall–Kier alpha value is -1.30. The van der Waals surface area contributed by atoms with Crippen molar-refractivity contribution in [3.05, 3.63) is 0 Å². The van der Waals surface area contributed by atoms with E-state index in [0.29, 0.717) is 11.6 Å². The maximum absolute atomic E-state index is 11.3. The number of urea groups is 1. The first-order valence-corrected chi connectivity index (χ1v) is 4.03. The normalized spacial score (nSPS) is 25.2. The van der Waals surface area contributed by atoms with Gasteiger partial charge in [0.2, 0.25) is 5.91 Å². The van der Waals surface area contributed by atoms with Crippen molar-refractivity contribution in [3.63, 3.8) is 0 Å². The third-order valence-corrected chi connectivity index (χ3v) is 2.20. The smallest absolute Gasteiger partial charge is 0.344 e. The summed E-state index contributed by atoms with van der Waals surface area (Å²) in [7, 11) is 0. The fraction of sp³-hybridized carbons (Fsp3) is 0.714. The van der Waals surface area contributed by atoms with E-state index in [4.69, 9.17) is 10.9 Å². The highest BCUT2D eigenvalue weighted by Crippen LogP contribution is 2.15. The van der Waals surface area contributed by atoms with E-state index in [2.05, 4.69) is 0 Å². The van der Waals surface area contributed by atoms with E-state index in [1.807, 2.05) is 0 Å². The molecule has 0 spiro atoms. The van der Waals surface area contributed by atoms with E-state index >= 15 is 0 Å². The Morgan fingerprint density at radius 3 is 2.62 bits per heavy atom. The third kappa shape index (κ3) is 1.57. The molecular weight excluding hydrogens is 174 g/mol. The molecule has 0 radical (unpaired) electrons. The summed E-state index contributed by atoms with van der Waals surface area (Å²) < 4.78 is 0. The standard InChI is InChI=1S/C7H13N3O3/c1-4-3-9(5(2)6(8)11)7(12)10(4)13/h4-5,13H,3H2,1-2H3,(H2,8,11)/t4-,5+/m1/s1. The predicted octanol–water partition coefficient (Wildman–Crippen LogP) is -0.624. The second-order valence-corrected chi connectivity index (χ2v) is 3.21. The maximum atomic E-state index is 11.3. The van der Waals surface area contributed by atoms with Gasteiger partial charge in [0.1, 0.15) is 6.04 Å². The number of nitrogens with zero attached hydrogens (tertiary/aromatic N) is 2. The SMILES string of the molecule is C[C@@H]1CN([C@@H](C)C(N)=O)C(=O)N1O. The summed E-state index contributed by atoms with van der Waals surface area (Å²) >= 11 is 0. The average Bonchev–Trinajstić information content (AvgIpc) is 2.31. The van der Waals surface area contributed by atoms with Crippen LogP contribution in [-0.4, -0.2) is 45.7 Å². The Bertz CT molecular complexity index is 243. The molecule has 0 aromatic rings. The van der Waals surface area contributed by atoms with Crippen molar-refractivity contribution in [1.82, 2.24) is 9.96 Å². The minimum atomic E-state index is -0.674. The topological polar surface area (TPSA) is 86.9 Å². The molecular formula is C7H13N3O3. The minimum absolute atomic E-state index is 0.297. The van der Waals surface area contributed by atoms with E-state index in [1.165, 1.54) is 11.8 Å². The van der Waals surface area contributed by atoms with E-state index in [1.54, 1.807) is 6.92 Å². The third-order valence-electron chi connectivity index (χ3n) is 2.20. The zero-order valence-electron chi connectivity index (χ0n) is 7.60. The van der Waals surface area contributed by atoms with Gasteiger partial charge in [-0.3, -0.25) is 10.0 Å². The van der Waals surface area contributed by atoms with E-state index in [-0.39, 0.29) is 6.04 Å². The molecule has 0 aliphatic carbocycles. The van der Waals surface area contributed by atoms with Gasteiger partial charge in [-0.05, 0) is 13.8 Å². The van der Waals surface area contributed by atoms with Crippen LogP contribution in [0.2, 0.25) is 0 Å². The van der Waals surface area contributed by atoms with Crippen LogP contribution in [0.5, 0.6) is 0 Å². The van der Waals surface area contributed by atoms with Gasteiger partial charge in [-0.25, -0.2) is 9.86 Å². The van der Waals surface area contributed by atoms with Gasteiger partial charge in [-0.2, -0.15) is 0 Å². The Morgan fingerprint density at radius 1 is 1.77 bits per heavy atom. The molecule has 0 bridgehead atoms. The molecule has 0 unspecified atom stereocenters. The molecule has 13 heavy (non-hydrogen) atoms. The fourth-order valence-corrected chi connectivity index (χ4v) is 1.24. The Morgan fingerprint density at radius 2 is 2.31 bits per heavy atom. The van der Waals surface area contributed by atoms with Crippen molar-refractivity contribution in [2.24, 2.45) is 5.73 Å². The second-order valence-electron chi connectivity index (χ2n) is 3.21. The zero-order chi connectivity index (χ0) is 10.2. The van der Waals surface area contributed by atoms with E-state index < -0.39 is 18.0 Å². The molecule has 0 aromatic carbocycles. The second kappa shape index (κ2) is 3.21. The highest BCUT2D eigenvalue weighted by molar-refractivity contribution is 5.86. The monoisotopic (exact) mass is 187 g/mol. The molecule has 1 fully saturated rings. The average molecular weight is 187 g/mol. The van der Waals surface area contributed by atoms with Crippen LogP contribution < -0.4 is 5.73 Å².